The molecule has 3 rings (SSSR count). The SMILES string of the molecule is O=C(O)c1cnoc1-c1cc2cc(C(F)(F)F)ccc2[nH]1. The number of carboxylic acids is 1. The van der Waals surface area contributed by atoms with Gasteiger partial charge in [-0.1, -0.05) is 5.16 Å². The maximum Gasteiger partial charge on any atom is 0.416 e. The first-order valence-electron chi connectivity index (χ1n) is 5.74. The Bertz CT molecular complexity index is 833. The molecule has 0 fully saturated rings. The molecular formula is C13H7F3N2O3. The minimum Gasteiger partial charge on any atom is -0.477 e. The highest BCUT2D eigenvalue weighted by Gasteiger charge is 2.30. The standard InChI is InChI=1S/C13H7F3N2O3/c14-13(15,16)7-1-2-9-6(3-7)4-10(18-9)11-8(12(19)20)5-17-21-11/h1-5,18H,(H,19,20). The van der Waals surface area contributed by atoms with Gasteiger partial charge in [-0.25, -0.2) is 4.79 Å². The van der Waals surface area contributed by atoms with E-state index in [0.717, 1.165) is 18.3 Å². The third-order valence-electron chi connectivity index (χ3n) is 2.99. The zero-order chi connectivity index (χ0) is 15.2. The van der Waals surface area contributed by atoms with Crippen LogP contribution in [0.4, 0.5) is 13.2 Å². The number of aromatic amines is 1. The number of fused-ring (bicyclic) bond motifs is 1. The molecule has 1 aromatic carbocycles. The summed E-state index contributed by atoms with van der Waals surface area (Å²) in [5, 5.41) is 12.7. The predicted molar refractivity (Wildman–Crippen MR) is 65.8 cm³/mol. The van der Waals surface area contributed by atoms with Crippen molar-refractivity contribution in [3.8, 4) is 11.5 Å². The van der Waals surface area contributed by atoms with Gasteiger partial charge >= 0.3 is 12.1 Å². The third-order valence-corrected chi connectivity index (χ3v) is 2.99. The van der Waals surface area contributed by atoms with Gasteiger partial charge in [0.25, 0.3) is 0 Å². The number of alkyl halides is 3. The average Bonchev–Trinajstić information content (AvgIpc) is 3.02. The summed E-state index contributed by atoms with van der Waals surface area (Å²) in [6.45, 7) is 0. The highest BCUT2D eigenvalue weighted by Crippen LogP contribution is 2.33. The Kier molecular flexibility index (Phi) is 2.75. The fourth-order valence-corrected chi connectivity index (χ4v) is 2.02. The summed E-state index contributed by atoms with van der Waals surface area (Å²) < 4.78 is 42.8. The maximum absolute atomic E-state index is 12.6. The van der Waals surface area contributed by atoms with Gasteiger partial charge in [0.1, 0.15) is 5.56 Å². The number of hydrogen-bond donors (Lipinski definition) is 2. The number of benzene rings is 1. The maximum atomic E-state index is 12.6. The topological polar surface area (TPSA) is 79.1 Å². The van der Waals surface area contributed by atoms with Crippen molar-refractivity contribution < 1.29 is 27.6 Å². The molecule has 0 radical (unpaired) electrons. The summed E-state index contributed by atoms with van der Waals surface area (Å²) in [6, 6.07) is 4.59. The van der Waals surface area contributed by atoms with E-state index in [4.69, 9.17) is 9.63 Å². The molecule has 0 bridgehead atoms. The van der Waals surface area contributed by atoms with Gasteiger partial charge in [-0.2, -0.15) is 13.2 Å². The number of nitrogens with one attached hydrogen (secondary N) is 1. The van der Waals surface area contributed by atoms with E-state index >= 15 is 0 Å². The molecule has 2 aromatic heterocycles. The number of aromatic nitrogens is 2. The second kappa shape index (κ2) is 4.37. The Morgan fingerprint density at radius 2 is 2.05 bits per heavy atom. The lowest BCUT2D eigenvalue weighted by Gasteiger charge is -2.05. The van der Waals surface area contributed by atoms with Crippen LogP contribution in [-0.2, 0) is 6.18 Å². The summed E-state index contributed by atoms with van der Waals surface area (Å²) in [7, 11) is 0. The lowest BCUT2D eigenvalue weighted by atomic mass is 10.1. The number of H-pyrrole nitrogens is 1. The number of hydrogen-bond acceptors (Lipinski definition) is 3. The summed E-state index contributed by atoms with van der Waals surface area (Å²) in [5.74, 6) is -1.27. The van der Waals surface area contributed by atoms with E-state index < -0.39 is 17.7 Å². The number of carboxylic acid groups (broad SMARTS) is 1. The molecule has 0 atom stereocenters. The van der Waals surface area contributed by atoms with Crippen LogP contribution in [0.25, 0.3) is 22.4 Å². The Morgan fingerprint density at radius 3 is 2.71 bits per heavy atom. The van der Waals surface area contributed by atoms with Crippen LogP contribution in [0.5, 0.6) is 0 Å². The zero-order valence-electron chi connectivity index (χ0n) is 10.2. The van der Waals surface area contributed by atoms with E-state index in [9.17, 15) is 18.0 Å². The monoisotopic (exact) mass is 296 g/mol. The van der Waals surface area contributed by atoms with Gasteiger partial charge in [-0.3, -0.25) is 0 Å². The molecule has 0 spiro atoms. The van der Waals surface area contributed by atoms with Crippen molar-refractivity contribution in [2.45, 2.75) is 6.18 Å². The smallest absolute Gasteiger partial charge is 0.416 e. The van der Waals surface area contributed by atoms with Gasteiger partial charge in [-0.15, -0.1) is 0 Å². The molecule has 108 valence electrons. The van der Waals surface area contributed by atoms with Gasteiger partial charge in [0.2, 0.25) is 0 Å². The molecule has 5 nitrogen and oxygen atoms in total. The molecule has 2 N–H and O–H groups in total. The third kappa shape index (κ3) is 2.24. The van der Waals surface area contributed by atoms with Crippen LogP contribution < -0.4 is 0 Å². The predicted octanol–water partition coefficient (Wildman–Crippen LogP) is 3.54. The first kappa shape index (κ1) is 13.2. The van der Waals surface area contributed by atoms with E-state index in [2.05, 4.69) is 10.1 Å². The number of nitrogens with zero attached hydrogens (tertiary/aromatic N) is 1. The summed E-state index contributed by atoms with van der Waals surface area (Å²) in [6.07, 6.45) is -3.41. The minimum atomic E-state index is -4.44. The van der Waals surface area contributed by atoms with Gasteiger partial charge in [-0.05, 0) is 24.3 Å². The van der Waals surface area contributed by atoms with Crippen LogP contribution in [0, 0.1) is 0 Å². The van der Waals surface area contributed by atoms with E-state index in [-0.39, 0.29) is 17.0 Å². The molecule has 2 heterocycles. The van der Waals surface area contributed by atoms with Crippen molar-refractivity contribution in [2.75, 3.05) is 0 Å². The van der Waals surface area contributed by atoms with Crippen molar-refractivity contribution in [1.82, 2.24) is 10.1 Å². The summed E-state index contributed by atoms with van der Waals surface area (Å²) in [4.78, 5) is 13.8. The van der Waals surface area contributed by atoms with Gasteiger partial charge in [0.05, 0.1) is 17.5 Å². The molecule has 0 aliphatic carbocycles. The van der Waals surface area contributed by atoms with E-state index in [1.54, 1.807) is 0 Å². The first-order valence-corrected chi connectivity index (χ1v) is 5.74. The van der Waals surface area contributed by atoms with Crippen molar-refractivity contribution >= 4 is 16.9 Å². The quantitative estimate of drug-likeness (QED) is 0.758. The molecule has 0 unspecified atom stereocenters. The van der Waals surface area contributed by atoms with Crippen LogP contribution in [0.3, 0.4) is 0 Å². The Hall–Kier alpha value is -2.77. The lowest BCUT2D eigenvalue weighted by molar-refractivity contribution is -0.137. The average molecular weight is 296 g/mol. The summed E-state index contributed by atoms with van der Waals surface area (Å²) >= 11 is 0. The molecule has 8 heteroatoms. The van der Waals surface area contributed by atoms with Crippen LogP contribution >= 0.6 is 0 Å². The molecular weight excluding hydrogens is 289 g/mol. The van der Waals surface area contributed by atoms with Crippen molar-refractivity contribution in [3.05, 3.63) is 41.6 Å². The fourth-order valence-electron chi connectivity index (χ4n) is 2.02. The second-order valence-corrected chi connectivity index (χ2v) is 4.36. The van der Waals surface area contributed by atoms with Gasteiger partial charge in [0.15, 0.2) is 5.76 Å². The van der Waals surface area contributed by atoms with Gasteiger partial charge < -0.3 is 14.6 Å². The number of aromatic carboxylic acids is 1. The molecule has 0 amide bonds. The first-order chi connectivity index (χ1) is 9.86. The molecule has 0 aliphatic rings. The minimum absolute atomic E-state index is 0.0349. The fraction of sp³-hybridized carbons (Fsp3) is 0.0769. The van der Waals surface area contributed by atoms with Crippen molar-refractivity contribution in [3.63, 3.8) is 0 Å². The molecule has 3 aromatic rings. The Morgan fingerprint density at radius 1 is 1.29 bits per heavy atom. The zero-order valence-corrected chi connectivity index (χ0v) is 10.2. The van der Waals surface area contributed by atoms with Crippen LogP contribution in [-0.4, -0.2) is 21.2 Å². The second-order valence-electron chi connectivity index (χ2n) is 4.36. The largest absolute Gasteiger partial charge is 0.477 e. The number of halogens is 3. The Balaban J connectivity index is 2.13. The number of rotatable bonds is 2. The van der Waals surface area contributed by atoms with E-state index in [0.29, 0.717) is 10.9 Å². The normalized spacial score (nSPS) is 12.0. The van der Waals surface area contributed by atoms with Crippen molar-refractivity contribution in [2.24, 2.45) is 0 Å². The van der Waals surface area contributed by atoms with Crippen molar-refractivity contribution in [1.29, 1.82) is 0 Å². The lowest BCUT2D eigenvalue weighted by Crippen LogP contribution is -2.03. The molecule has 0 saturated heterocycles. The van der Waals surface area contributed by atoms with Crippen LogP contribution in [0.2, 0.25) is 0 Å². The molecule has 0 aliphatic heterocycles. The number of carbonyl (C=O) groups is 1. The van der Waals surface area contributed by atoms with Gasteiger partial charge in [0, 0.05) is 10.9 Å². The van der Waals surface area contributed by atoms with Crippen LogP contribution in [0.1, 0.15) is 15.9 Å². The van der Waals surface area contributed by atoms with Crippen LogP contribution in [0.15, 0.2) is 35.0 Å². The van der Waals surface area contributed by atoms with E-state index in [1.807, 2.05) is 0 Å². The Labute approximate surface area is 115 Å². The molecule has 21 heavy (non-hydrogen) atoms. The highest BCUT2D eigenvalue weighted by molar-refractivity contribution is 5.95. The molecule has 0 saturated carbocycles. The summed E-state index contributed by atoms with van der Waals surface area (Å²) in [5.41, 5.74) is -0.265. The highest BCUT2D eigenvalue weighted by atomic mass is 19.4. The van der Waals surface area contributed by atoms with E-state index in [1.165, 1.54) is 12.1 Å².